The molecule has 0 heterocycles. The lowest BCUT2D eigenvalue weighted by Crippen LogP contribution is -2.39. The number of hydrogen-bond acceptors (Lipinski definition) is 2. The molecule has 2 nitrogen and oxygen atoms in total. The van der Waals surface area contributed by atoms with Crippen LogP contribution in [0.5, 0.6) is 5.75 Å². The van der Waals surface area contributed by atoms with E-state index in [9.17, 15) is 0 Å². The fourth-order valence-electron chi connectivity index (χ4n) is 3.17. The third-order valence-electron chi connectivity index (χ3n) is 4.30. The summed E-state index contributed by atoms with van der Waals surface area (Å²) in [6.07, 6.45) is 7.76. The first-order chi connectivity index (χ1) is 9.74. The third kappa shape index (κ3) is 4.23. The quantitative estimate of drug-likeness (QED) is 0.820. The highest BCUT2D eigenvalue weighted by molar-refractivity contribution is 9.10. The summed E-state index contributed by atoms with van der Waals surface area (Å²) in [4.78, 5) is 0. The minimum Gasteiger partial charge on any atom is -0.497 e. The van der Waals surface area contributed by atoms with E-state index >= 15 is 0 Å². The minimum absolute atomic E-state index is 0.682. The van der Waals surface area contributed by atoms with Gasteiger partial charge in [0.25, 0.3) is 0 Å². The van der Waals surface area contributed by atoms with Crippen molar-refractivity contribution in [3.8, 4) is 5.75 Å². The average molecular weight is 340 g/mol. The van der Waals surface area contributed by atoms with Gasteiger partial charge in [-0.05, 0) is 61.9 Å². The third-order valence-corrected chi connectivity index (χ3v) is 5.07. The predicted molar refractivity (Wildman–Crippen MR) is 88.4 cm³/mol. The Morgan fingerprint density at radius 2 is 2.10 bits per heavy atom. The number of hydrogen-bond donors (Lipinski definition) is 1. The molecule has 0 spiro atoms. The van der Waals surface area contributed by atoms with E-state index in [0.29, 0.717) is 6.04 Å². The molecule has 20 heavy (non-hydrogen) atoms. The summed E-state index contributed by atoms with van der Waals surface area (Å²) in [6.45, 7) is 3.38. The molecule has 1 aromatic rings. The summed E-state index contributed by atoms with van der Waals surface area (Å²) < 4.78 is 6.56. The van der Waals surface area contributed by atoms with E-state index in [1.54, 1.807) is 7.11 Å². The number of halogens is 1. The van der Waals surface area contributed by atoms with Crippen LogP contribution < -0.4 is 10.1 Å². The Morgan fingerprint density at radius 3 is 2.85 bits per heavy atom. The summed E-state index contributed by atoms with van der Waals surface area (Å²) in [6, 6.07) is 6.98. The molecule has 1 aliphatic rings. The lowest BCUT2D eigenvalue weighted by atomic mass is 9.80. The van der Waals surface area contributed by atoms with Crippen LogP contribution in [-0.2, 0) is 6.42 Å². The lowest BCUT2D eigenvalue weighted by molar-refractivity contribution is 0.261. The van der Waals surface area contributed by atoms with Gasteiger partial charge in [-0.3, -0.25) is 0 Å². The maximum Gasteiger partial charge on any atom is 0.119 e. The van der Waals surface area contributed by atoms with E-state index in [4.69, 9.17) is 4.74 Å². The smallest absolute Gasteiger partial charge is 0.119 e. The molecule has 1 aliphatic carbocycles. The number of nitrogens with one attached hydrogen (secondary N) is 1. The Labute approximate surface area is 131 Å². The first kappa shape index (κ1) is 15.8. The van der Waals surface area contributed by atoms with E-state index in [2.05, 4.69) is 40.3 Å². The highest BCUT2D eigenvalue weighted by Crippen LogP contribution is 2.31. The van der Waals surface area contributed by atoms with Gasteiger partial charge in [-0.2, -0.15) is 0 Å². The average Bonchev–Trinajstić information content (AvgIpc) is 2.48. The summed E-state index contributed by atoms with van der Waals surface area (Å²) in [7, 11) is 1.74. The molecule has 1 fully saturated rings. The van der Waals surface area contributed by atoms with Crippen LogP contribution in [0.15, 0.2) is 22.7 Å². The molecule has 1 aromatic carbocycles. The Bertz CT molecular complexity index is 421. The summed E-state index contributed by atoms with van der Waals surface area (Å²) in [5.41, 5.74) is 1.37. The molecule has 2 atom stereocenters. The van der Waals surface area contributed by atoms with Crippen LogP contribution in [0.1, 0.15) is 44.6 Å². The van der Waals surface area contributed by atoms with Gasteiger partial charge in [0, 0.05) is 10.5 Å². The van der Waals surface area contributed by atoms with Crippen LogP contribution >= 0.6 is 15.9 Å². The molecular formula is C17H26BrNO. The number of ether oxygens (including phenoxy) is 1. The summed E-state index contributed by atoms with van der Waals surface area (Å²) in [5, 5.41) is 3.74. The first-order valence-corrected chi connectivity index (χ1v) is 8.59. The SMILES string of the molecule is CCCNC1CCCCC1Cc1cc(OC)ccc1Br. The van der Waals surface area contributed by atoms with E-state index in [1.165, 1.54) is 42.1 Å². The monoisotopic (exact) mass is 339 g/mol. The topological polar surface area (TPSA) is 21.3 Å². The summed E-state index contributed by atoms with van der Waals surface area (Å²) in [5.74, 6) is 1.70. The van der Waals surface area contributed by atoms with Crippen LogP contribution in [-0.4, -0.2) is 19.7 Å². The normalized spacial score (nSPS) is 22.8. The Hall–Kier alpha value is -0.540. The first-order valence-electron chi connectivity index (χ1n) is 7.80. The molecule has 0 bridgehead atoms. The van der Waals surface area contributed by atoms with E-state index in [1.807, 2.05) is 6.07 Å². The molecule has 0 amide bonds. The second-order valence-electron chi connectivity index (χ2n) is 5.77. The summed E-state index contributed by atoms with van der Waals surface area (Å²) >= 11 is 3.68. The maximum atomic E-state index is 5.35. The van der Waals surface area contributed by atoms with Crippen LogP contribution in [0.25, 0.3) is 0 Å². The molecule has 1 saturated carbocycles. The van der Waals surface area contributed by atoms with Crippen LogP contribution in [0, 0.1) is 5.92 Å². The Morgan fingerprint density at radius 1 is 1.30 bits per heavy atom. The molecule has 0 radical (unpaired) electrons. The largest absolute Gasteiger partial charge is 0.497 e. The van der Waals surface area contributed by atoms with Crippen molar-refractivity contribution in [3.05, 3.63) is 28.2 Å². The molecule has 0 saturated heterocycles. The zero-order chi connectivity index (χ0) is 14.4. The van der Waals surface area contributed by atoms with Crippen molar-refractivity contribution in [3.63, 3.8) is 0 Å². The van der Waals surface area contributed by atoms with Gasteiger partial charge in [-0.25, -0.2) is 0 Å². The van der Waals surface area contributed by atoms with E-state index < -0.39 is 0 Å². The van der Waals surface area contributed by atoms with Gasteiger partial charge in [0.2, 0.25) is 0 Å². The van der Waals surface area contributed by atoms with Gasteiger partial charge in [-0.1, -0.05) is 35.7 Å². The predicted octanol–water partition coefficient (Wildman–Crippen LogP) is 4.56. The molecule has 112 valence electrons. The van der Waals surface area contributed by atoms with Gasteiger partial charge in [0.05, 0.1) is 7.11 Å². The Balaban J connectivity index is 2.05. The van der Waals surface area contributed by atoms with Crippen LogP contribution in [0.4, 0.5) is 0 Å². The van der Waals surface area contributed by atoms with Crippen molar-refractivity contribution in [1.29, 1.82) is 0 Å². The Kier molecular flexibility index (Phi) is 6.37. The molecule has 3 heteroatoms. The fourth-order valence-corrected chi connectivity index (χ4v) is 3.58. The minimum atomic E-state index is 0.682. The highest BCUT2D eigenvalue weighted by Gasteiger charge is 2.25. The van der Waals surface area contributed by atoms with E-state index in [-0.39, 0.29) is 0 Å². The van der Waals surface area contributed by atoms with Gasteiger partial charge < -0.3 is 10.1 Å². The lowest BCUT2D eigenvalue weighted by Gasteiger charge is -2.32. The van der Waals surface area contributed by atoms with Crippen molar-refractivity contribution in [1.82, 2.24) is 5.32 Å². The van der Waals surface area contributed by atoms with Crippen molar-refractivity contribution in [2.45, 2.75) is 51.5 Å². The molecule has 2 unspecified atom stereocenters. The van der Waals surface area contributed by atoms with Crippen molar-refractivity contribution in [2.24, 2.45) is 5.92 Å². The number of methoxy groups -OCH3 is 1. The van der Waals surface area contributed by atoms with Gasteiger partial charge in [0.15, 0.2) is 0 Å². The second kappa shape index (κ2) is 8.04. The van der Waals surface area contributed by atoms with Gasteiger partial charge >= 0.3 is 0 Å². The zero-order valence-corrected chi connectivity index (χ0v) is 14.2. The molecular weight excluding hydrogens is 314 g/mol. The van der Waals surface area contributed by atoms with Crippen molar-refractivity contribution in [2.75, 3.05) is 13.7 Å². The maximum absolute atomic E-state index is 5.35. The second-order valence-corrected chi connectivity index (χ2v) is 6.62. The molecule has 0 aromatic heterocycles. The molecule has 2 rings (SSSR count). The van der Waals surface area contributed by atoms with Crippen LogP contribution in [0.2, 0.25) is 0 Å². The molecule has 0 aliphatic heterocycles. The number of benzene rings is 1. The standard InChI is InChI=1S/C17H26BrNO/c1-3-10-19-17-7-5-4-6-13(17)11-14-12-15(20-2)8-9-16(14)18/h8-9,12-13,17,19H,3-7,10-11H2,1-2H3. The van der Waals surface area contributed by atoms with Crippen molar-refractivity contribution < 1.29 is 4.74 Å². The van der Waals surface area contributed by atoms with Crippen LogP contribution in [0.3, 0.4) is 0 Å². The van der Waals surface area contributed by atoms with Crippen molar-refractivity contribution >= 4 is 15.9 Å². The molecule has 1 N–H and O–H groups in total. The van der Waals surface area contributed by atoms with E-state index in [0.717, 1.165) is 24.6 Å². The van der Waals surface area contributed by atoms with Gasteiger partial charge in [-0.15, -0.1) is 0 Å². The highest BCUT2D eigenvalue weighted by atomic mass is 79.9. The zero-order valence-electron chi connectivity index (χ0n) is 12.6. The number of rotatable bonds is 6. The van der Waals surface area contributed by atoms with Gasteiger partial charge in [0.1, 0.15) is 5.75 Å². The fraction of sp³-hybridized carbons (Fsp3) is 0.647.